The SMILES string of the molecule is CCNC(c1ccc(Cl)o1)C1CCC(CC)CC1. The first-order valence-electron chi connectivity index (χ1n) is 7.23. The fraction of sp³-hybridized carbons (Fsp3) is 0.733. The second-order valence-corrected chi connectivity index (χ2v) is 5.74. The lowest BCUT2D eigenvalue weighted by Gasteiger charge is -2.33. The highest BCUT2D eigenvalue weighted by molar-refractivity contribution is 6.28. The van der Waals surface area contributed by atoms with Gasteiger partial charge in [0.25, 0.3) is 0 Å². The Bertz CT molecular complexity index is 355. The fourth-order valence-electron chi connectivity index (χ4n) is 3.14. The van der Waals surface area contributed by atoms with Crippen LogP contribution < -0.4 is 5.32 Å². The van der Waals surface area contributed by atoms with Gasteiger partial charge < -0.3 is 9.73 Å². The van der Waals surface area contributed by atoms with Crippen molar-refractivity contribution in [2.45, 2.75) is 52.0 Å². The molecule has 3 heteroatoms. The normalized spacial score (nSPS) is 26.2. The summed E-state index contributed by atoms with van der Waals surface area (Å²) in [6.07, 6.45) is 6.64. The molecule has 1 atom stereocenters. The predicted octanol–water partition coefficient (Wildman–Crippen LogP) is 4.80. The summed E-state index contributed by atoms with van der Waals surface area (Å²) in [5.74, 6) is 2.63. The van der Waals surface area contributed by atoms with Crippen molar-refractivity contribution in [3.8, 4) is 0 Å². The van der Waals surface area contributed by atoms with Crippen molar-refractivity contribution in [1.82, 2.24) is 5.32 Å². The van der Waals surface area contributed by atoms with Gasteiger partial charge in [0.15, 0.2) is 5.22 Å². The maximum atomic E-state index is 5.89. The van der Waals surface area contributed by atoms with Crippen LogP contribution in [0.2, 0.25) is 5.22 Å². The fourth-order valence-corrected chi connectivity index (χ4v) is 3.30. The van der Waals surface area contributed by atoms with Crippen LogP contribution in [0.3, 0.4) is 0 Å². The molecule has 102 valence electrons. The molecule has 1 saturated carbocycles. The Kier molecular flexibility index (Phi) is 5.13. The van der Waals surface area contributed by atoms with Crippen LogP contribution in [0.25, 0.3) is 0 Å². The van der Waals surface area contributed by atoms with Crippen LogP contribution in [-0.4, -0.2) is 6.54 Å². The van der Waals surface area contributed by atoms with Crippen molar-refractivity contribution in [2.75, 3.05) is 6.54 Å². The van der Waals surface area contributed by atoms with Gasteiger partial charge in [-0.05, 0) is 55.0 Å². The Morgan fingerprint density at radius 1 is 1.28 bits per heavy atom. The smallest absolute Gasteiger partial charge is 0.193 e. The van der Waals surface area contributed by atoms with Gasteiger partial charge in [-0.15, -0.1) is 0 Å². The van der Waals surface area contributed by atoms with Gasteiger partial charge in [0, 0.05) is 0 Å². The third-order valence-electron chi connectivity index (χ3n) is 4.26. The molecule has 18 heavy (non-hydrogen) atoms. The van der Waals surface area contributed by atoms with E-state index in [4.69, 9.17) is 16.0 Å². The number of hydrogen-bond donors (Lipinski definition) is 1. The molecule has 0 aliphatic heterocycles. The lowest BCUT2D eigenvalue weighted by Crippen LogP contribution is -2.30. The van der Waals surface area contributed by atoms with Gasteiger partial charge in [0.2, 0.25) is 0 Å². The minimum atomic E-state index is 0.334. The zero-order valence-electron chi connectivity index (χ0n) is 11.4. The highest BCUT2D eigenvalue weighted by atomic mass is 35.5. The van der Waals surface area contributed by atoms with E-state index in [9.17, 15) is 0 Å². The molecule has 0 bridgehead atoms. The van der Waals surface area contributed by atoms with Gasteiger partial charge in [0.1, 0.15) is 5.76 Å². The van der Waals surface area contributed by atoms with E-state index in [1.54, 1.807) is 0 Å². The summed E-state index contributed by atoms with van der Waals surface area (Å²) < 4.78 is 5.61. The van der Waals surface area contributed by atoms with Crippen molar-refractivity contribution >= 4 is 11.6 Å². The third-order valence-corrected chi connectivity index (χ3v) is 4.47. The maximum absolute atomic E-state index is 5.89. The van der Waals surface area contributed by atoms with E-state index in [0.29, 0.717) is 17.2 Å². The molecule has 1 N–H and O–H groups in total. The number of nitrogens with one attached hydrogen (secondary N) is 1. The summed E-state index contributed by atoms with van der Waals surface area (Å²) in [7, 11) is 0. The van der Waals surface area contributed by atoms with Gasteiger partial charge in [-0.3, -0.25) is 0 Å². The Labute approximate surface area is 115 Å². The van der Waals surface area contributed by atoms with E-state index in [-0.39, 0.29) is 0 Å². The topological polar surface area (TPSA) is 25.2 Å². The van der Waals surface area contributed by atoms with Crippen molar-refractivity contribution in [3.05, 3.63) is 23.1 Å². The standard InChI is InChI=1S/C15H24ClNO/c1-3-11-5-7-12(8-6-11)15(17-4-2)13-9-10-14(16)18-13/h9-12,15,17H,3-8H2,1-2H3. The molecule has 0 amide bonds. The quantitative estimate of drug-likeness (QED) is 0.831. The average Bonchev–Trinajstić information content (AvgIpc) is 2.82. The molecule has 1 aromatic rings. The van der Waals surface area contributed by atoms with Gasteiger partial charge in [-0.2, -0.15) is 0 Å². The van der Waals surface area contributed by atoms with Crippen LogP contribution >= 0.6 is 11.6 Å². The molecular formula is C15H24ClNO. The van der Waals surface area contributed by atoms with Crippen molar-refractivity contribution in [3.63, 3.8) is 0 Å². The zero-order chi connectivity index (χ0) is 13.0. The summed E-state index contributed by atoms with van der Waals surface area (Å²) in [5, 5.41) is 4.06. The number of hydrogen-bond acceptors (Lipinski definition) is 2. The van der Waals surface area contributed by atoms with Gasteiger partial charge in [-0.1, -0.05) is 33.1 Å². The second kappa shape index (κ2) is 6.63. The van der Waals surface area contributed by atoms with Crippen LogP contribution in [0.4, 0.5) is 0 Å². The summed E-state index contributed by atoms with van der Waals surface area (Å²) in [4.78, 5) is 0. The molecule has 1 heterocycles. The average molecular weight is 270 g/mol. The van der Waals surface area contributed by atoms with Crippen LogP contribution in [-0.2, 0) is 0 Å². The Balaban J connectivity index is 2.02. The highest BCUT2D eigenvalue weighted by Crippen LogP contribution is 2.38. The van der Waals surface area contributed by atoms with Crippen LogP contribution in [0.15, 0.2) is 16.5 Å². The van der Waals surface area contributed by atoms with Gasteiger partial charge in [-0.25, -0.2) is 0 Å². The minimum Gasteiger partial charge on any atom is -0.448 e. The summed E-state index contributed by atoms with van der Waals surface area (Å²) in [5.41, 5.74) is 0. The minimum absolute atomic E-state index is 0.334. The van der Waals surface area contributed by atoms with Gasteiger partial charge in [0.05, 0.1) is 6.04 Å². The Morgan fingerprint density at radius 2 is 2.00 bits per heavy atom. The summed E-state index contributed by atoms with van der Waals surface area (Å²) in [6.45, 7) is 5.42. The van der Waals surface area contributed by atoms with Crippen LogP contribution in [0, 0.1) is 11.8 Å². The van der Waals surface area contributed by atoms with Gasteiger partial charge >= 0.3 is 0 Å². The molecule has 0 saturated heterocycles. The number of rotatable bonds is 5. The van der Waals surface area contributed by atoms with Crippen LogP contribution in [0.1, 0.15) is 57.8 Å². The summed E-state index contributed by atoms with van der Waals surface area (Å²) >= 11 is 5.89. The maximum Gasteiger partial charge on any atom is 0.193 e. The van der Waals surface area contributed by atoms with E-state index < -0.39 is 0 Å². The monoisotopic (exact) mass is 269 g/mol. The molecule has 0 aromatic carbocycles. The molecule has 0 radical (unpaired) electrons. The predicted molar refractivity (Wildman–Crippen MR) is 75.9 cm³/mol. The van der Waals surface area contributed by atoms with Crippen molar-refractivity contribution in [2.24, 2.45) is 11.8 Å². The van der Waals surface area contributed by atoms with E-state index >= 15 is 0 Å². The second-order valence-electron chi connectivity index (χ2n) is 5.37. The Morgan fingerprint density at radius 3 is 2.50 bits per heavy atom. The zero-order valence-corrected chi connectivity index (χ0v) is 12.2. The molecular weight excluding hydrogens is 246 g/mol. The highest BCUT2D eigenvalue weighted by Gasteiger charge is 2.29. The molecule has 1 unspecified atom stereocenters. The molecule has 0 spiro atoms. The third kappa shape index (κ3) is 3.30. The van der Waals surface area contributed by atoms with E-state index in [0.717, 1.165) is 18.2 Å². The largest absolute Gasteiger partial charge is 0.448 e. The lowest BCUT2D eigenvalue weighted by molar-refractivity contribution is 0.204. The van der Waals surface area contributed by atoms with E-state index in [1.807, 2.05) is 12.1 Å². The molecule has 1 aliphatic rings. The first-order chi connectivity index (χ1) is 8.74. The Hall–Kier alpha value is -0.470. The van der Waals surface area contributed by atoms with E-state index in [2.05, 4.69) is 19.2 Å². The van der Waals surface area contributed by atoms with Crippen LogP contribution in [0.5, 0.6) is 0 Å². The first-order valence-corrected chi connectivity index (χ1v) is 7.61. The number of halogens is 1. The lowest BCUT2D eigenvalue weighted by atomic mass is 9.77. The molecule has 1 aromatic heterocycles. The first kappa shape index (κ1) is 14.0. The van der Waals surface area contributed by atoms with Crippen molar-refractivity contribution < 1.29 is 4.42 Å². The summed E-state index contributed by atoms with van der Waals surface area (Å²) in [6, 6.07) is 4.20. The van der Waals surface area contributed by atoms with Crippen molar-refractivity contribution in [1.29, 1.82) is 0 Å². The molecule has 1 aliphatic carbocycles. The number of furan rings is 1. The molecule has 2 rings (SSSR count). The molecule has 1 fully saturated rings. The van der Waals surface area contributed by atoms with E-state index in [1.165, 1.54) is 32.1 Å². The molecule has 2 nitrogen and oxygen atoms in total.